The molecule has 0 N–H and O–H groups in total. The van der Waals surface area contributed by atoms with Crippen molar-refractivity contribution in [1.29, 1.82) is 0 Å². The molecule has 1 atom stereocenters. The fourth-order valence-electron chi connectivity index (χ4n) is 5.76. The van der Waals surface area contributed by atoms with E-state index in [0.717, 1.165) is 57.8 Å². The molecule has 0 spiro atoms. The summed E-state index contributed by atoms with van der Waals surface area (Å²) in [6.45, 7) is 12.2. The molecule has 4 aromatic heterocycles. The van der Waals surface area contributed by atoms with E-state index < -0.39 is 14.0 Å². The highest BCUT2D eigenvalue weighted by Gasteiger charge is 2.23. The average molecular weight is 739 g/mol. The number of carbonyl (C=O) groups excluding carboxylic acids is 1. The van der Waals surface area contributed by atoms with Crippen molar-refractivity contribution in [3.05, 3.63) is 53.5 Å². The molecule has 0 radical (unpaired) electrons. The van der Waals surface area contributed by atoms with Gasteiger partial charge in [0.1, 0.15) is 23.6 Å². The molecule has 0 aliphatic heterocycles. The van der Waals surface area contributed by atoms with Gasteiger partial charge in [-0.3, -0.25) is 4.57 Å². The molecule has 5 aromatic rings. The molecule has 1 aromatic carbocycles. The molecule has 0 saturated carbocycles. The minimum Gasteiger partial charge on any atom is -0.494 e. The van der Waals surface area contributed by atoms with Gasteiger partial charge in [0, 0.05) is 38.6 Å². The SMILES string of the molecule is CCOC(=O)c1cc(OC)c2c(c1)nc(-c1cc3ccc(C(C)n4cc(CCCCCCBr)nn4)nc3n1COCC[Si](C)(C)C)n2C. The van der Waals surface area contributed by atoms with Gasteiger partial charge in [-0.25, -0.2) is 19.4 Å². The Morgan fingerprint density at radius 1 is 1.06 bits per heavy atom. The number of aromatic nitrogens is 7. The smallest absolute Gasteiger partial charge is 0.338 e. The van der Waals surface area contributed by atoms with Crippen LogP contribution >= 0.6 is 15.9 Å². The van der Waals surface area contributed by atoms with Gasteiger partial charge in [0.25, 0.3) is 0 Å². The summed E-state index contributed by atoms with van der Waals surface area (Å²) >= 11 is 3.51. The van der Waals surface area contributed by atoms with E-state index in [1.165, 1.54) is 19.3 Å². The largest absolute Gasteiger partial charge is 0.494 e. The van der Waals surface area contributed by atoms with E-state index in [9.17, 15) is 4.79 Å². The number of carbonyl (C=O) groups is 1. The maximum Gasteiger partial charge on any atom is 0.338 e. The fraction of sp³-hybridized carbons (Fsp3) is 0.514. The number of halogens is 1. The number of aryl methyl sites for hydroxylation is 2. The fourth-order valence-corrected chi connectivity index (χ4v) is 6.91. The lowest BCUT2D eigenvalue weighted by Crippen LogP contribution is -2.22. The molecule has 13 heteroatoms. The van der Waals surface area contributed by atoms with Crippen LogP contribution in [0.4, 0.5) is 0 Å². The maximum absolute atomic E-state index is 12.6. The third kappa shape index (κ3) is 8.17. The zero-order valence-electron chi connectivity index (χ0n) is 29.3. The van der Waals surface area contributed by atoms with Gasteiger partial charge in [0.15, 0.2) is 5.82 Å². The second-order valence-electron chi connectivity index (χ2n) is 13.4. The van der Waals surface area contributed by atoms with Crippen LogP contribution in [0.15, 0.2) is 36.5 Å². The lowest BCUT2D eigenvalue weighted by atomic mass is 10.1. The Hall–Kier alpha value is -3.55. The second-order valence-corrected chi connectivity index (χ2v) is 19.8. The van der Waals surface area contributed by atoms with Gasteiger partial charge in [-0.15, -0.1) is 5.10 Å². The van der Waals surface area contributed by atoms with E-state index in [2.05, 4.69) is 75.6 Å². The van der Waals surface area contributed by atoms with Crippen molar-refractivity contribution in [2.24, 2.45) is 7.05 Å². The predicted molar refractivity (Wildman–Crippen MR) is 196 cm³/mol. The summed E-state index contributed by atoms with van der Waals surface area (Å²) in [4.78, 5) is 22.8. The number of alkyl halides is 1. The number of unbranched alkanes of at least 4 members (excludes halogenated alkanes) is 3. The van der Waals surface area contributed by atoms with Gasteiger partial charge in [0.2, 0.25) is 0 Å². The number of ether oxygens (including phenoxy) is 3. The Bertz CT molecular complexity index is 1860. The van der Waals surface area contributed by atoms with Gasteiger partial charge in [-0.05, 0) is 69.5 Å². The second kappa shape index (κ2) is 15.8. The van der Waals surface area contributed by atoms with Crippen LogP contribution in [0, 0.1) is 0 Å². The molecule has 11 nitrogen and oxygen atoms in total. The molecule has 258 valence electrons. The van der Waals surface area contributed by atoms with Crippen LogP contribution in [0.3, 0.4) is 0 Å². The van der Waals surface area contributed by atoms with Crippen LogP contribution in [-0.2, 0) is 29.7 Å². The molecule has 0 aliphatic carbocycles. The highest BCUT2D eigenvalue weighted by molar-refractivity contribution is 9.09. The highest BCUT2D eigenvalue weighted by Crippen LogP contribution is 2.34. The number of methoxy groups -OCH3 is 1. The molecule has 1 unspecified atom stereocenters. The number of fused-ring (bicyclic) bond motifs is 2. The van der Waals surface area contributed by atoms with E-state index in [1.807, 2.05) is 22.5 Å². The van der Waals surface area contributed by atoms with E-state index in [4.69, 9.17) is 24.2 Å². The van der Waals surface area contributed by atoms with E-state index in [-0.39, 0.29) is 12.6 Å². The third-order valence-corrected chi connectivity index (χ3v) is 10.8. The molecule has 0 fully saturated rings. The summed E-state index contributed by atoms with van der Waals surface area (Å²) in [5.41, 5.74) is 5.37. The molecule has 0 bridgehead atoms. The van der Waals surface area contributed by atoms with Crippen LogP contribution < -0.4 is 4.74 Å². The number of pyridine rings is 1. The lowest BCUT2D eigenvalue weighted by Gasteiger charge is -2.17. The minimum absolute atomic E-state index is 0.107. The number of esters is 1. The van der Waals surface area contributed by atoms with Crippen molar-refractivity contribution in [3.63, 3.8) is 0 Å². The average Bonchev–Trinajstić information content (AvgIpc) is 3.77. The molecule has 0 amide bonds. The minimum atomic E-state index is -1.28. The molecular formula is C35H48BrN7O4Si. The first-order valence-corrected chi connectivity index (χ1v) is 21.6. The Balaban J connectivity index is 1.52. The topological polar surface area (TPSA) is 111 Å². The van der Waals surface area contributed by atoms with Gasteiger partial charge in [-0.2, -0.15) is 0 Å². The van der Waals surface area contributed by atoms with Crippen molar-refractivity contribution < 1.29 is 19.0 Å². The first-order valence-electron chi connectivity index (χ1n) is 16.8. The van der Waals surface area contributed by atoms with Crippen molar-refractivity contribution in [1.82, 2.24) is 34.1 Å². The quantitative estimate of drug-likeness (QED) is 0.0412. The van der Waals surface area contributed by atoms with Gasteiger partial charge >= 0.3 is 5.97 Å². The third-order valence-electron chi connectivity index (χ3n) is 8.58. The van der Waals surface area contributed by atoms with Crippen molar-refractivity contribution in [2.45, 2.75) is 84.4 Å². The normalized spacial score (nSPS) is 12.7. The van der Waals surface area contributed by atoms with Crippen LogP contribution in [0.25, 0.3) is 33.6 Å². The molecule has 0 aliphatic rings. The van der Waals surface area contributed by atoms with Crippen LogP contribution in [-0.4, -0.2) is 73.8 Å². The monoisotopic (exact) mass is 737 g/mol. The zero-order chi connectivity index (χ0) is 34.4. The van der Waals surface area contributed by atoms with Crippen molar-refractivity contribution in [3.8, 4) is 17.3 Å². The Morgan fingerprint density at radius 2 is 1.85 bits per heavy atom. The van der Waals surface area contributed by atoms with E-state index in [1.54, 1.807) is 26.2 Å². The summed E-state index contributed by atoms with van der Waals surface area (Å²) in [5, 5.41) is 10.9. The standard InChI is InChI=1S/C35H48BrN7O4Si/c1-8-47-35(44)26-19-29-32(31(21-26)45-4)41(3)34(38-29)30-20-25-14-15-28(37-33(25)42(30)23-46-17-18-48(5,6)7)24(2)43-22-27(39-40-43)13-11-9-10-12-16-36/h14-15,19-22,24H,8-13,16-18,23H2,1-7H3. The Morgan fingerprint density at radius 3 is 2.58 bits per heavy atom. The molecule has 48 heavy (non-hydrogen) atoms. The Kier molecular flexibility index (Phi) is 11.7. The Labute approximate surface area is 292 Å². The van der Waals surface area contributed by atoms with E-state index >= 15 is 0 Å². The summed E-state index contributed by atoms with van der Waals surface area (Å²) < 4.78 is 23.3. The molecule has 0 saturated heterocycles. The highest BCUT2D eigenvalue weighted by atomic mass is 79.9. The molecule has 5 rings (SSSR count). The van der Waals surface area contributed by atoms with Crippen molar-refractivity contribution in [2.75, 3.05) is 25.7 Å². The first kappa shape index (κ1) is 35.7. The summed E-state index contributed by atoms with van der Waals surface area (Å²) in [7, 11) is 2.27. The van der Waals surface area contributed by atoms with Crippen LogP contribution in [0.5, 0.6) is 5.75 Å². The molecule has 4 heterocycles. The van der Waals surface area contributed by atoms with Gasteiger partial charge < -0.3 is 18.8 Å². The number of hydrogen-bond donors (Lipinski definition) is 0. The molecular weight excluding hydrogens is 690 g/mol. The number of hydrogen-bond acceptors (Lipinski definition) is 8. The van der Waals surface area contributed by atoms with Gasteiger partial charge in [-0.1, -0.05) is 53.6 Å². The van der Waals surface area contributed by atoms with Crippen LogP contribution in [0.1, 0.15) is 67.3 Å². The lowest BCUT2D eigenvalue weighted by molar-refractivity contribution is 0.0526. The number of nitrogens with zero attached hydrogens (tertiary/aromatic N) is 7. The predicted octanol–water partition coefficient (Wildman–Crippen LogP) is 7.79. The van der Waals surface area contributed by atoms with Crippen LogP contribution in [0.2, 0.25) is 25.7 Å². The van der Waals surface area contributed by atoms with Crippen molar-refractivity contribution >= 4 is 52.0 Å². The number of benzene rings is 1. The number of rotatable bonds is 17. The summed E-state index contributed by atoms with van der Waals surface area (Å²) in [6.07, 6.45) is 7.69. The van der Waals surface area contributed by atoms with Gasteiger partial charge in [0.05, 0.1) is 47.9 Å². The summed E-state index contributed by atoms with van der Waals surface area (Å²) in [6, 6.07) is 10.7. The maximum atomic E-state index is 12.6. The zero-order valence-corrected chi connectivity index (χ0v) is 31.8. The summed E-state index contributed by atoms with van der Waals surface area (Å²) in [5.74, 6) is 0.847. The number of imidazole rings is 1. The van der Waals surface area contributed by atoms with E-state index in [0.29, 0.717) is 36.0 Å². The first-order chi connectivity index (χ1) is 23.0.